The predicted octanol–water partition coefficient (Wildman–Crippen LogP) is 2.25. The molecule has 2 aliphatic heterocycles. The van der Waals surface area contributed by atoms with Gasteiger partial charge >= 0.3 is 6.09 Å². The van der Waals surface area contributed by atoms with Crippen molar-refractivity contribution in [3.05, 3.63) is 29.8 Å². The molecule has 0 atom stereocenters. The number of rotatable bonds is 5. The average Bonchev–Trinajstić information content (AvgIpc) is 2.57. The van der Waals surface area contributed by atoms with Crippen LogP contribution in [-0.4, -0.2) is 55.7 Å². The zero-order valence-electron chi connectivity index (χ0n) is 14.4. The molecule has 2 heterocycles. The fourth-order valence-corrected chi connectivity index (χ4v) is 3.28. The number of carbonyl (C=O) groups excluding carboxylic acids is 2. The van der Waals surface area contributed by atoms with Gasteiger partial charge in [0.05, 0.1) is 12.1 Å². The molecule has 1 aromatic carbocycles. The lowest BCUT2D eigenvalue weighted by Gasteiger charge is -2.51. The lowest BCUT2D eigenvalue weighted by molar-refractivity contribution is -0.00110. The Balaban J connectivity index is 1.57. The Morgan fingerprint density at radius 2 is 2.04 bits per heavy atom. The summed E-state index contributed by atoms with van der Waals surface area (Å²) in [6.07, 6.45) is 2.69. The van der Waals surface area contributed by atoms with E-state index in [2.05, 4.69) is 24.2 Å². The van der Waals surface area contributed by atoms with Gasteiger partial charge in [-0.2, -0.15) is 0 Å². The molecule has 3 rings (SSSR count). The lowest BCUT2D eigenvalue weighted by atomic mass is 9.85. The number of nitrogens with one attached hydrogen (secondary N) is 1. The van der Waals surface area contributed by atoms with Gasteiger partial charge in [-0.1, -0.05) is 13.3 Å². The number of hydrogen-bond acceptors (Lipinski definition) is 4. The zero-order valence-corrected chi connectivity index (χ0v) is 14.4. The van der Waals surface area contributed by atoms with Crippen LogP contribution in [0.3, 0.4) is 0 Å². The van der Waals surface area contributed by atoms with Gasteiger partial charge in [0.1, 0.15) is 0 Å². The summed E-state index contributed by atoms with van der Waals surface area (Å²) >= 11 is 0. The number of likely N-dealkylation sites (tertiary alicyclic amines) is 1. The molecule has 0 radical (unpaired) electrons. The molecule has 0 bridgehead atoms. The molecule has 0 unspecified atom stereocenters. The van der Waals surface area contributed by atoms with Crippen molar-refractivity contribution in [1.29, 1.82) is 0 Å². The van der Waals surface area contributed by atoms with Crippen LogP contribution in [0.25, 0.3) is 0 Å². The van der Waals surface area contributed by atoms with Gasteiger partial charge in [-0.15, -0.1) is 0 Å². The first-order valence-electron chi connectivity index (χ1n) is 8.58. The fraction of sp³-hybridized carbons (Fsp3) is 0.556. The van der Waals surface area contributed by atoms with E-state index in [1.54, 1.807) is 4.90 Å². The molecule has 6 heteroatoms. The molecule has 2 amide bonds. The minimum atomic E-state index is -0.382. The van der Waals surface area contributed by atoms with Gasteiger partial charge in [0.15, 0.2) is 0 Å². The van der Waals surface area contributed by atoms with E-state index in [0.29, 0.717) is 25.3 Å². The third kappa shape index (κ3) is 3.32. The highest BCUT2D eigenvalue weighted by Crippen LogP contribution is 2.29. The number of alkyl carbamates (subject to hydrolysis) is 1. The Morgan fingerprint density at radius 3 is 2.67 bits per heavy atom. The van der Waals surface area contributed by atoms with Crippen LogP contribution in [0.2, 0.25) is 0 Å². The van der Waals surface area contributed by atoms with Crippen molar-refractivity contribution in [2.24, 2.45) is 0 Å². The summed E-state index contributed by atoms with van der Waals surface area (Å²) in [5.74, 6) is 0.0177. The van der Waals surface area contributed by atoms with E-state index < -0.39 is 0 Å². The smallest absolute Gasteiger partial charge is 0.407 e. The maximum atomic E-state index is 12.6. The summed E-state index contributed by atoms with van der Waals surface area (Å²) in [4.78, 5) is 27.9. The second-order valence-electron chi connectivity index (χ2n) is 6.77. The molecular weight excluding hydrogens is 306 g/mol. The maximum Gasteiger partial charge on any atom is 0.407 e. The number of benzene rings is 1. The molecule has 6 nitrogen and oxygen atoms in total. The number of hydrogen-bond donors (Lipinski definition) is 1. The Labute approximate surface area is 142 Å². The van der Waals surface area contributed by atoms with Gasteiger partial charge in [-0.25, -0.2) is 4.79 Å². The summed E-state index contributed by atoms with van der Waals surface area (Å²) in [7, 11) is 2.07. The second-order valence-corrected chi connectivity index (χ2v) is 6.77. The highest BCUT2D eigenvalue weighted by Gasteiger charge is 2.48. The van der Waals surface area contributed by atoms with E-state index >= 15 is 0 Å². The molecule has 0 saturated carbocycles. The molecule has 2 aliphatic rings. The first kappa shape index (κ1) is 16.6. The van der Waals surface area contributed by atoms with Gasteiger partial charge in [0, 0.05) is 44.4 Å². The number of amides is 2. The van der Waals surface area contributed by atoms with Crippen LogP contribution in [0.15, 0.2) is 24.3 Å². The van der Waals surface area contributed by atoms with Crippen molar-refractivity contribution < 1.29 is 14.3 Å². The van der Waals surface area contributed by atoms with Crippen molar-refractivity contribution in [2.75, 3.05) is 38.2 Å². The SMILES string of the molecule is CCCCN(C)c1ccc(C(=O)N2CC3(CCOC(=O)N3)C2)cc1. The van der Waals surface area contributed by atoms with Gasteiger partial charge in [0.25, 0.3) is 5.91 Å². The van der Waals surface area contributed by atoms with Crippen LogP contribution < -0.4 is 10.2 Å². The largest absolute Gasteiger partial charge is 0.449 e. The van der Waals surface area contributed by atoms with Gasteiger partial charge < -0.3 is 19.9 Å². The molecular formula is C18H25N3O3. The van der Waals surface area contributed by atoms with E-state index in [0.717, 1.165) is 25.1 Å². The third-order valence-corrected chi connectivity index (χ3v) is 4.86. The summed E-state index contributed by atoms with van der Waals surface area (Å²) < 4.78 is 4.89. The third-order valence-electron chi connectivity index (χ3n) is 4.86. The molecule has 2 fully saturated rings. The topological polar surface area (TPSA) is 61.9 Å². The summed E-state index contributed by atoms with van der Waals surface area (Å²) in [6.45, 7) is 4.72. The second kappa shape index (κ2) is 6.71. The van der Waals surface area contributed by atoms with E-state index in [1.807, 2.05) is 24.3 Å². The lowest BCUT2D eigenvalue weighted by Crippen LogP contribution is -2.73. The average molecular weight is 331 g/mol. The molecule has 1 N–H and O–H groups in total. The molecule has 2 saturated heterocycles. The van der Waals surface area contributed by atoms with Crippen LogP contribution in [-0.2, 0) is 4.74 Å². The number of nitrogens with zero attached hydrogens (tertiary/aromatic N) is 2. The quantitative estimate of drug-likeness (QED) is 0.899. The van der Waals surface area contributed by atoms with E-state index in [4.69, 9.17) is 4.74 Å². The normalized spacial score (nSPS) is 18.6. The minimum Gasteiger partial charge on any atom is -0.449 e. The Morgan fingerprint density at radius 1 is 1.33 bits per heavy atom. The van der Waals surface area contributed by atoms with Crippen LogP contribution in [0.5, 0.6) is 0 Å². The number of unbranched alkanes of at least 4 members (excludes halogenated alkanes) is 1. The Bertz CT molecular complexity index is 608. The monoisotopic (exact) mass is 331 g/mol. The zero-order chi connectivity index (χ0) is 17.2. The van der Waals surface area contributed by atoms with Crippen molar-refractivity contribution in [1.82, 2.24) is 10.2 Å². The predicted molar refractivity (Wildman–Crippen MR) is 92.4 cm³/mol. The van der Waals surface area contributed by atoms with Gasteiger partial charge in [-0.3, -0.25) is 4.79 Å². The molecule has 1 spiro atoms. The van der Waals surface area contributed by atoms with Crippen LogP contribution in [0.4, 0.5) is 10.5 Å². The van der Waals surface area contributed by atoms with Crippen molar-refractivity contribution >= 4 is 17.7 Å². The van der Waals surface area contributed by atoms with E-state index in [9.17, 15) is 9.59 Å². The number of anilines is 1. The highest BCUT2D eigenvalue weighted by molar-refractivity contribution is 5.95. The molecule has 0 aliphatic carbocycles. The number of cyclic esters (lactones) is 1. The number of ether oxygens (including phenoxy) is 1. The highest BCUT2D eigenvalue weighted by atomic mass is 16.6. The van der Waals surface area contributed by atoms with Crippen LogP contribution in [0.1, 0.15) is 36.5 Å². The molecule has 1 aromatic rings. The van der Waals surface area contributed by atoms with E-state index in [-0.39, 0.29) is 17.5 Å². The van der Waals surface area contributed by atoms with Gasteiger partial charge in [0.2, 0.25) is 0 Å². The number of carbonyl (C=O) groups is 2. The first-order valence-corrected chi connectivity index (χ1v) is 8.58. The van der Waals surface area contributed by atoms with Crippen LogP contribution >= 0.6 is 0 Å². The molecule has 24 heavy (non-hydrogen) atoms. The van der Waals surface area contributed by atoms with Crippen LogP contribution in [0, 0.1) is 0 Å². The van der Waals surface area contributed by atoms with E-state index in [1.165, 1.54) is 6.42 Å². The van der Waals surface area contributed by atoms with Crippen molar-refractivity contribution in [2.45, 2.75) is 31.7 Å². The summed E-state index contributed by atoms with van der Waals surface area (Å²) in [5.41, 5.74) is 1.53. The summed E-state index contributed by atoms with van der Waals surface area (Å²) in [6, 6.07) is 7.75. The Kier molecular flexibility index (Phi) is 4.64. The van der Waals surface area contributed by atoms with Crippen molar-refractivity contribution in [3.63, 3.8) is 0 Å². The summed E-state index contributed by atoms with van der Waals surface area (Å²) in [5, 5.41) is 2.85. The standard InChI is InChI=1S/C18H25N3O3/c1-3-4-10-20(2)15-7-5-14(6-8-15)16(22)21-12-18(13-21)9-11-24-17(23)19-18/h5-8H,3-4,9-13H2,1-2H3,(H,19,23). The first-order chi connectivity index (χ1) is 11.5. The minimum absolute atomic E-state index is 0.0177. The maximum absolute atomic E-state index is 12.6. The molecule has 0 aromatic heterocycles. The fourth-order valence-electron chi connectivity index (χ4n) is 3.28. The Hall–Kier alpha value is -2.24. The van der Waals surface area contributed by atoms with Gasteiger partial charge in [-0.05, 0) is 30.7 Å². The molecule has 130 valence electrons. The van der Waals surface area contributed by atoms with Crippen molar-refractivity contribution in [3.8, 4) is 0 Å².